The van der Waals surface area contributed by atoms with E-state index in [1.165, 1.54) is 37.7 Å². The number of carbonyl (C=O) groups excluding carboxylic acids is 1. The molecule has 2 N–H and O–H groups in total. The monoisotopic (exact) mass is 455 g/mol. The van der Waals surface area contributed by atoms with Gasteiger partial charge in [-0.25, -0.2) is 4.98 Å². The molecule has 0 unspecified atom stereocenters. The Labute approximate surface area is 199 Å². The zero-order chi connectivity index (χ0) is 22.6. The van der Waals surface area contributed by atoms with Crippen LogP contribution in [0.5, 0.6) is 0 Å². The van der Waals surface area contributed by atoms with Crippen molar-refractivity contribution in [3.05, 3.63) is 89.2 Å². The number of amides is 1. The fourth-order valence-corrected chi connectivity index (χ4v) is 5.46. The van der Waals surface area contributed by atoms with E-state index in [9.17, 15) is 4.79 Å². The number of imidazole rings is 1. The maximum Gasteiger partial charge on any atom is 0.255 e. The van der Waals surface area contributed by atoms with Crippen molar-refractivity contribution in [2.75, 3.05) is 5.32 Å². The summed E-state index contributed by atoms with van der Waals surface area (Å²) in [5.74, 6) is 2.34. The van der Waals surface area contributed by atoms with Crippen molar-refractivity contribution >= 4 is 34.4 Å². The highest BCUT2D eigenvalue weighted by molar-refractivity contribution is 7.98. The van der Waals surface area contributed by atoms with Crippen molar-refractivity contribution in [3.8, 4) is 0 Å². The van der Waals surface area contributed by atoms with Gasteiger partial charge < -0.3 is 10.3 Å². The van der Waals surface area contributed by atoms with E-state index in [4.69, 9.17) is 4.98 Å². The minimum absolute atomic E-state index is 0.0982. The van der Waals surface area contributed by atoms with Crippen LogP contribution in [0.25, 0.3) is 11.0 Å². The molecule has 0 aliphatic heterocycles. The summed E-state index contributed by atoms with van der Waals surface area (Å²) in [6.45, 7) is 2.02. The second kappa shape index (κ2) is 9.84. The van der Waals surface area contributed by atoms with Crippen LogP contribution in [-0.4, -0.2) is 15.9 Å². The molecule has 0 bridgehead atoms. The molecule has 1 fully saturated rings. The quantitative estimate of drug-likeness (QED) is 0.297. The van der Waals surface area contributed by atoms with Crippen molar-refractivity contribution in [1.82, 2.24) is 9.97 Å². The zero-order valence-electron chi connectivity index (χ0n) is 18.9. The largest absolute Gasteiger partial charge is 0.342 e. The predicted octanol–water partition coefficient (Wildman–Crippen LogP) is 7.46. The highest BCUT2D eigenvalue weighted by atomic mass is 32.2. The van der Waals surface area contributed by atoms with Crippen LogP contribution in [-0.2, 0) is 5.75 Å². The molecule has 1 heterocycles. The average molecular weight is 456 g/mol. The number of nitrogens with one attached hydrogen (secondary N) is 2. The Bertz CT molecular complexity index is 1240. The van der Waals surface area contributed by atoms with E-state index in [-0.39, 0.29) is 5.91 Å². The van der Waals surface area contributed by atoms with Crippen LogP contribution < -0.4 is 5.32 Å². The van der Waals surface area contributed by atoms with Gasteiger partial charge in [-0.1, -0.05) is 67.3 Å². The number of thioether (sulfide) groups is 1. The third-order valence-corrected chi connectivity index (χ3v) is 7.52. The summed E-state index contributed by atoms with van der Waals surface area (Å²) < 4.78 is 0. The van der Waals surface area contributed by atoms with Crippen LogP contribution in [0, 0.1) is 6.92 Å². The molecule has 4 nitrogen and oxygen atoms in total. The SMILES string of the molecule is Cc1ccc(C(=O)Nc2cc3nc(C4CCCCC4)[nH]c3cc2SCc2ccccc2)cc1. The molecule has 0 spiro atoms. The fraction of sp³-hybridized carbons (Fsp3) is 0.286. The van der Waals surface area contributed by atoms with Crippen LogP contribution >= 0.6 is 11.8 Å². The van der Waals surface area contributed by atoms with Crippen LogP contribution in [0.4, 0.5) is 5.69 Å². The number of benzene rings is 3. The van der Waals surface area contributed by atoms with Gasteiger partial charge in [0.25, 0.3) is 5.91 Å². The number of aryl methyl sites for hydroxylation is 1. The lowest BCUT2D eigenvalue weighted by Gasteiger charge is -2.18. The summed E-state index contributed by atoms with van der Waals surface area (Å²) in [7, 11) is 0. The number of hydrogen-bond donors (Lipinski definition) is 2. The first-order valence-electron chi connectivity index (χ1n) is 11.7. The highest BCUT2D eigenvalue weighted by Gasteiger charge is 2.20. The van der Waals surface area contributed by atoms with E-state index in [1.54, 1.807) is 11.8 Å². The van der Waals surface area contributed by atoms with E-state index < -0.39 is 0 Å². The molecule has 168 valence electrons. The lowest BCUT2D eigenvalue weighted by atomic mass is 9.89. The van der Waals surface area contributed by atoms with Gasteiger partial charge in [-0.2, -0.15) is 0 Å². The molecule has 3 aromatic carbocycles. The normalized spacial score (nSPS) is 14.5. The molecular formula is C28H29N3OS. The number of aromatic amines is 1. The predicted molar refractivity (Wildman–Crippen MR) is 137 cm³/mol. The summed E-state index contributed by atoms with van der Waals surface area (Å²) >= 11 is 1.74. The van der Waals surface area contributed by atoms with Gasteiger partial charge in [0, 0.05) is 22.1 Å². The van der Waals surface area contributed by atoms with Crippen molar-refractivity contribution in [2.24, 2.45) is 0 Å². The highest BCUT2D eigenvalue weighted by Crippen LogP contribution is 2.36. The maximum absolute atomic E-state index is 13.0. The number of fused-ring (bicyclic) bond motifs is 1. The Morgan fingerprint density at radius 1 is 1.03 bits per heavy atom. The molecular weight excluding hydrogens is 426 g/mol. The Morgan fingerprint density at radius 3 is 2.55 bits per heavy atom. The molecule has 5 heteroatoms. The number of H-pyrrole nitrogens is 1. The molecule has 33 heavy (non-hydrogen) atoms. The topological polar surface area (TPSA) is 57.8 Å². The van der Waals surface area contributed by atoms with Gasteiger partial charge in [-0.05, 0) is 49.6 Å². The van der Waals surface area contributed by atoms with Gasteiger partial charge in [0.05, 0.1) is 16.7 Å². The Balaban J connectivity index is 1.46. The van der Waals surface area contributed by atoms with Crippen LogP contribution in [0.15, 0.2) is 71.6 Å². The van der Waals surface area contributed by atoms with Crippen LogP contribution in [0.1, 0.15) is 65.3 Å². The average Bonchev–Trinajstić information content (AvgIpc) is 3.27. The first-order chi connectivity index (χ1) is 16.2. The van der Waals surface area contributed by atoms with Gasteiger partial charge >= 0.3 is 0 Å². The molecule has 0 saturated heterocycles. The number of hydrogen-bond acceptors (Lipinski definition) is 3. The van der Waals surface area contributed by atoms with Crippen molar-refractivity contribution in [3.63, 3.8) is 0 Å². The Hall–Kier alpha value is -3.05. The maximum atomic E-state index is 13.0. The van der Waals surface area contributed by atoms with E-state index >= 15 is 0 Å². The van der Waals surface area contributed by atoms with Crippen molar-refractivity contribution in [2.45, 2.75) is 55.6 Å². The minimum Gasteiger partial charge on any atom is -0.342 e. The second-order valence-electron chi connectivity index (χ2n) is 8.92. The van der Waals surface area contributed by atoms with Gasteiger partial charge in [-0.15, -0.1) is 11.8 Å². The van der Waals surface area contributed by atoms with Gasteiger partial charge in [0.15, 0.2) is 0 Å². The number of rotatable bonds is 6. The lowest BCUT2D eigenvalue weighted by molar-refractivity contribution is 0.102. The summed E-state index contributed by atoms with van der Waals surface area (Å²) in [6, 6.07) is 22.3. The van der Waals surface area contributed by atoms with Crippen LogP contribution in [0.3, 0.4) is 0 Å². The smallest absolute Gasteiger partial charge is 0.255 e. The second-order valence-corrected chi connectivity index (χ2v) is 9.93. The van der Waals surface area contributed by atoms with Crippen molar-refractivity contribution in [1.29, 1.82) is 0 Å². The molecule has 1 aromatic heterocycles. The van der Waals surface area contributed by atoms with E-state index in [0.29, 0.717) is 11.5 Å². The molecule has 1 saturated carbocycles. The van der Waals surface area contributed by atoms with Gasteiger partial charge in [-0.3, -0.25) is 4.79 Å². The third kappa shape index (κ3) is 5.14. The molecule has 5 rings (SSSR count). The molecule has 1 aliphatic rings. The molecule has 0 atom stereocenters. The molecule has 1 aliphatic carbocycles. The summed E-state index contributed by atoms with van der Waals surface area (Å²) in [5, 5.41) is 3.15. The fourth-order valence-electron chi connectivity index (χ4n) is 4.48. The summed E-state index contributed by atoms with van der Waals surface area (Å²) in [4.78, 5) is 22.6. The van der Waals surface area contributed by atoms with Crippen LogP contribution in [0.2, 0.25) is 0 Å². The number of aromatic nitrogens is 2. The number of nitrogens with zero attached hydrogens (tertiary/aromatic N) is 1. The Kier molecular flexibility index (Phi) is 6.49. The first-order valence-corrected chi connectivity index (χ1v) is 12.7. The summed E-state index contributed by atoms with van der Waals surface area (Å²) in [6.07, 6.45) is 6.28. The number of anilines is 1. The molecule has 1 amide bonds. The molecule has 0 radical (unpaired) electrons. The van der Waals surface area contributed by atoms with E-state index in [1.807, 2.05) is 43.3 Å². The third-order valence-electron chi connectivity index (χ3n) is 6.39. The summed E-state index contributed by atoms with van der Waals surface area (Å²) in [5.41, 5.74) is 5.82. The van der Waals surface area contributed by atoms with Gasteiger partial charge in [0.1, 0.15) is 5.82 Å². The standard InChI is InChI=1S/C28H29N3OS/c1-19-12-14-22(15-13-19)28(32)31-25-16-23-24(30-27(29-23)21-10-6-3-7-11-21)17-26(25)33-18-20-8-4-2-5-9-20/h2,4-5,8-9,12-17,21H,3,6-7,10-11,18H2,1H3,(H,29,30)(H,31,32). The van der Waals surface area contributed by atoms with Gasteiger partial charge in [0.2, 0.25) is 0 Å². The lowest BCUT2D eigenvalue weighted by Crippen LogP contribution is -2.12. The molecule has 4 aromatic rings. The minimum atomic E-state index is -0.0982. The zero-order valence-corrected chi connectivity index (χ0v) is 19.8. The van der Waals surface area contributed by atoms with E-state index in [2.05, 4.69) is 40.6 Å². The first kappa shape index (κ1) is 21.8. The number of carbonyl (C=O) groups is 1. The Morgan fingerprint density at radius 2 is 1.79 bits per heavy atom. The van der Waals surface area contributed by atoms with Crippen molar-refractivity contribution < 1.29 is 4.79 Å². The van der Waals surface area contributed by atoms with E-state index in [0.717, 1.165) is 38.8 Å².